The fourth-order valence-corrected chi connectivity index (χ4v) is 4.89. The number of anilines is 2. The Balaban J connectivity index is 1.36. The molecule has 3 aliphatic rings. The Morgan fingerprint density at radius 3 is 2.50 bits per heavy atom. The first kappa shape index (κ1) is 21.4. The summed E-state index contributed by atoms with van der Waals surface area (Å²) in [6.07, 6.45) is 6.07. The van der Waals surface area contributed by atoms with Gasteiger partial charge in [-0.15, -0.1) is 0 Å². The standard InChI is InChI=1S/C23H36N4O3/c28-23(24-17-22(19-9-14-30-18-19)27-12-15-29-16-13-27)25-20-7-3-4-8-21(20)26-10-5-1-2-6-11-26/h3-4,7-8,19,22H,1-2,5-6,9-18H2,(H2,24,25,28)/t19-,22-/m1/s1. The van der Waals surface area contributed by atoms with Crippen molar-refractivity contribution < 1.29 is 14.3 Å². The topological polar surface area (TPSA) is 66.1 Å². The van der Waals surface area contributed by atoms with Gasteiger partial charge in [-0.2, -0.15) is 0 Å². The monoisotopic (exact) mass is 416 g/mol. The highest BCUT2D eigenvalue weighted by molar-refractivity contribution is 5.93. The van der Waals surface area contributed by atoms with Crippen LogP contribution < -0.4 is 15.5 Å². The molecule has 30 heavy (non-hydrogen) atoms. The van der Waals surface area contributed by atoms with E-state index in [4.69, 9.17) is 9.47 Å². The molecule has 2 N–H and O–H groups in total. The van der Waals surface area contributed by atoms with Gasteiger partial charge < -0.3 is 25.0 Å². The number of morpholine rings is 1. The van der Waals surface area contributed by atoms with Crippen molar-refractivity contribution in [2.75, 3.05) is 69.4 Å². The van der Waals surface area contributed by atoms with Crippen LogP contribution in [0.3, 0.4) is 0 Å². The van der Waals surface area contributed by atoms with Gasteiger partial charge >= 0.3 is 6.03 Å². The van der Waals surface area contributed by atoms with Gasteiger partial charge in [-0.3, -0.25) is 4.90 Å². The molecule has 166 valence electrons. The van der Waals surface area contributed by atoms with Crippen LogP contribution in [0.5, 0.6) is 0 Å². The highest BCUT2D eigenvalue weighted by Crippen LogP contribution is 2.28. The summed E-state index contributed by atoms with van der Waals surface area (Å²) in [5.41, 5.74) is 2.02. The molecule has 3 fully saturated rings. The van der Waals surface area contributed by atoms with E-state index in [1.807, 2.05) is 12.1 Å². The maximum atomic E-state index is 12.8. The van der Waals surface area contributed by atoms with Gasteiger partial charge in [0.15, 0.2) is 0 Å². The lowest BCUT2D eigenvalue weighted by Gasteiger charge is -2.37. The lowest BCUT2D eigenvalue weighted by atomic mass is 9.97. The number of carbonyl (C=O) groups excluding carboxylic acids is 1. The predicted molar refractivity (Wildman–Crippen MR) is 119 cm³/mol. The molecule has 7 heteroatoms. The summed E-state index contributed by atoms with van der Waals surface area (Å²) in [7, 11) is 0. The van der Waals surface area contributed by atoms with Crippen molar-refractivity contribution in [1.82, 2.24) is 10.2 Å². The summed E-state index contributed by atoms with van der Waals surface area (Å²) in [5.74, 6) is 0.466. The molecule has 1 aromatic rings. The summed E-state index contributed by atoms with van der Waals surface area (Å²) < 4.78 is 11.2. The van der Waals surface area contributed by atoms with E-state index in [2.05, 4.69) is 32.6 Å². The van der Waals surface area contributed by atoms with Crippen molar-refractivity contribution >= 4 is 17.4 Å². The third kappa shape index (κ3) is 5.65. The van der Waals surface area contributed by atoms with Gasteiger partial charge in [0, 0.05) is 51.3 Å². The zero-order valence-electron chi connectivity index (χ0n) is 18.0. The number of urea groups is 1. The second-order valence-electron chi connectivity index (χ2n) is 8.59. The number of amides is 2. The van der Waals surface area contributed by atoms with Gasteiger partial charge in [0.05, 0.1) is 31.2 Å². The number of rotatable bonds is 6. The van der Waals surface area contributed by atoms with Crippen LogP contribution in [-0.4, -0.2) is 76.1 Å². The molecular formula is C23H36N4O3. The third-order valence-corrected chi connectivity index (χ3v) is 6.59. The number of carbonyl (C=O) groups is 1. The molecule has 2 atom stereocenters. The first-order valence-electron chi connectivity index (χ1n) is 11.6. The minimum atomic E-state index is -0.130. The minimum absolute atomic E-state index is 0.130. The predicted octanol–water partition coefficient (Wildman–Crippen LogP) is 2.93. The van der Waals surface area contributed by atoms with Crippen molar-refractivity contribution in [3.63, 3.8) is 0 Å². The van der Waals surface area contributed by atoms with Crippen molar-refractivity contribution in [1.29, 1.82) is 0 Å². The fraction of sp³-hybridized carbons (Fsp3) is 0.696. The van der Waals surface area contributed by atoms with Gasteiger partial charge in [0.25, 0.3) is 0 Å². The SMILES string of the molecule is O=C(NC[C@H]([C@@H]1CCOC1)N1CCOCC1)Nc1ccccc1N1CCCCCC1. The number of para-hydroxylation sites is 2. The average Bonchev–Trinajstić information content (AvgIpc) is 3.17. The molecule has 2 amide bonds. The van der Waals surface area contributed by atoms with Gasteiger partial charge in [-0.05, 0) is 31.4 Å². The Hall–Kier alpha value is -1.83. The van der Waals surface area contributed by atoms with E-state index in [0.29, 0.717) is 18.5 Å². The second kappa shape index (κ2) is 11.0. The molecule has 0 radical (unpaired) electrons. The van der Waals surface area contributed by atoms with Gasteiger partial charge in [-0.25, -0.2) is 4.79 Å². The van der Waals surface area contributed by atoms with E-state index in [9.17, 15) is 4.79 Å². The van der Waals surface area contributed by atoms with Gasteiger partial charge in [0.1, 0.15) is 0 Å². The summed E-state index contributed by atoms with van der Waals surface area (Å²) in [4.78, 5) is 17.7. The third-order valence-electron chi connectivity index (χ3n) is 6.59. The van der Waals surface area contributed by atoms with Crippen LogP contribution in [0.15, 0.2) is 24.3 Å². The lowest BCUT2D eigenvalue weighted by molar-refractivity contribution is 0.00222. The highest BCUT2D eigenvalue weighted by atomic mass is 16.5. The van der Waals surface area contributed by atoms with E-state index in [1.165, 1.54) is 25.7 Å². The molecule has 0 unspecified atom stereocenters. The number of hydrogen-bond donors (Lipinski definition) is 2. The van der Waals surface area contributed by atoms with E-state index < -0.39 is 0 Å². The summed E-state index contributed by atoms with van der Waals surface area (Å²) >= 11 is 0. The zero-order chi connectivity index (χ0) is 20.6. The average molecular weight is 417 g/mol. The molecule has 0 aromatic heterocycles. The van der Waals surface area contributed by atoms with Crippen LogP contribution in [0.4, 0.5) is 16.2 Å². The van der Waals surface area contributed by atoms with Crippen molar-refractivity contribution in [3.8, 4) is 0 Å². The van der Waals surface area contributed by atoms with Crippen molar-refractivity contribution in [3.05, 3.63) is 24.3 Å². The molecule has 0 bridgehead atoms. The van der Waals surface area contributed by atoms with E-state index in [0.717, 1.165) is 70.4 Å². The van der Waals surface area contributed by atoms with Crippen LogP contribution in [0, 0.1) is 5.92 Å². The van der Waals surface area contributed by atoms with Crippen LogP contribution in [-0.2, 0) is 9.47 Å². The number of hydrogen-bond acceptors (Lipinski definition) is 5. The molecule has 3 saturated heterocycles. The van der Waals surface area contributed by atoms with Gasteiger partial charge in [0.2, 0.25) is 0 Å². The van der Waals surface area contributed by atoms with E-state index in [-0.39, 0.29) is 6.03 Å². The largest absolute Gasteiger partial charge is 0.381 e. The first-order valence-corrected chi connectivity index (χ1v) is 11.6. The number of nitrogens with zero attached hydrogens (tertiary/aromatic N) is 2. The molecule has 0 saturated carbocycles. The summed E-state index contributed by atoms with van der Waals surface area (Å²) in [5, 5.41) is 6.25. The van der Waals surface area contributed by atoms with Gasteiger partial charge in [-0.1, -0.05) is 25.0 Å². The summed E-state index contributed by atoms with van der Waals surface area (Å²) in [6, 6.07) is 8.33. The fourth-order valence-electron chi connectivity index (χ4n) is 4.89. The molecule has 0 spiro atoms. The van der Waals surface area contributed by atoms with Crippen LogP contribution in [0.1, 0.15) is 32.1 Å². The molecule has 0 aliphatic carbocycles. The van der Waals surface area contributed by atoms with Crippen LogP contribution in [0.25, 0.3) is 0 Å². The van der Waals surface area contributed by atoms with Crippen LogP contribution >= 0.6 is 0 Å². The molecule has 7 nitrogen and oxygen atoms in total. The van der Waals surface area contributed by atoms with Crippen molar-refractivity contribution in [2.24, 2.45) is 5.92 Å². The molecule has 4 rings (SSSR count). The second-order valence-corrected chi connectivity index (χ2v) is 8.59. The smallest absolute Gasteiger partial charge is 0.319 e. The Labute approximate surface area is 180 Å². The van der Waals surface area contributed by atoms with E-state index in [1.54, 1.807) is 0 Å². The molecular weight excluding hydrogens is 380 g/mol. The number of nitrogens with one attached hydrogen (secondary N) is 2. The number of benzene rings is 1. The Kier molecular flexibility index (Phi) is 7.83. The Morgan fingerprint density at radius 2 is 1.77 bits per heavy atom. The summed E-state index contributed by atoms with van der Waals surface area (Å²) in [6.45, 7) is 7.71. The first-order chi connectivity index (χ1) is 14.8. The lowest BCUT2D eigenvalue weighted by Crippen LogP contribution is -2.52. The maximum absolute atomic E-state index is 12.8. The zero-order valence-corrected chi connectivity index (χ0v) is 18.0. The quantitative estimate of drug-likeness (QED) is 0.747. The Morgan fingerprint density at radius 1 is 1.00 bits per heavy atom. The minimum Gasteiger partial charge on any atom is -0.381 e. The van der Waals surface area contributed by atoms with E-state index >= 15 is 0 Å². The molecule has 3 aliphatic heterocycles. The Bertz CT molecular complexity index is 666. The van der Waals surface area contributed by atoms with Crippen molar-refractivity contribution in [2.45, 2.75) is 38.1 Å². The van der Waals surface area contributed by atoms with Crippen LogP contribution in [0.2, 0.25) is 0 Å². The molecule has 3 heterocycles. The molecule has 1 aromatic carbocycles. The normalized spacial score (nSPS) is 24.3. The maximum Gasteiger partial charge on any atom is 0.319 e. The highest BCUT2D eigenvalue weighted by Gasteiger charge is 2.31. The number of ether oxygens (including phenoxy) is 2.